The number of rotatable bonds is 2. The van der Waals surface area contributed by atoms with Gasteiger partial charge >= 0.3 is 0 Å². The quantitative estimate of drug-likeness (QED) is 0.396. The van der Waals surface area contributed by atoms with Crippen molar-refractivity contribution in [1.29, 1.82) is 0 Å². The molecule has 11 heavy (non-hydrogen) atoms. The third-order valence-electron chi connectivity index (χ3n) is 1.67. The fourth-order valence-corrected chi connectivity index (χ4v) is 1.00. The first-order valence-corrected chi connectivity index (χ1v) is 3.28. The van der Waals surface area contributed by atoms with E-state index in [1.807, 2.05) is 0 Å². The standard InChI is InChI=1S/C6H10O5/c7-1-3(8)6-5(10)4(9)2-11-6/h1,3-6,8-10H,2H2/t3-,4+,5+,6?/m0/s1. The van der Waals surface area contributed by atoms with Crippen LogP contribution in [0.1, 0.15) is 0 Å². The topological polar surface area (TPSA) is 87.0 Å². The summed E-state index contributed by atoms with van der Waals surface area (Å²) in [5.41, 5.74) is 0. The molecule has 4 atom stereocenters. The Kier molecular flexibility index (Phi) is 2.56. The lowest BCUT2D eigenvalue weighted by Gasteiger charge is -2.15. The zero-order valence-corrected chi connectivity index (χ0v) is 5.75. The molecule has 1 unspecified atom stereocenters. The number of carbonyl (C=O) groups excluding carboxylic acids is 1. The third-order valence-corrected chi connectivity index (χ3v) is 1.67. The Hall–Kier alpha value is -0.490. The number of ether oxygens (including phenoxy) is 1. The molecule has 0 spiro atoms. The summed E-state index contributed by atoms with van der Waals surface area (Å²) in [5, 5.41) is 26.9. The van der Waals surface area contributed by atoms with Crippen LogP contribution in [0.5, 0.6) is 0 Å². The van der Waals surface area contributed by atoms with E-state index in [-0.39, 0.29) is 12.9 Å². The minimum atomic E-state index is -1.36. The number of aliphatic hydroxyl groups excluding tert-OH is 3. The highest BCUT2D eigenvalue weighted by molar-refractivity contribution is 5.57. The maximum absolute atomic E-state index is 10.0. The molecule has 5 nitrogen and oxygen atoms in total. The van der Waals surface area contributed by atoms with Crippen LogP contribution < -0.4 is 0 Å². The lowest BCUT2D eigenvalue weighted by molar-refractivity contribution is -0.124. The fraction of sp³-hybridized carbons (Fsp3) is 0.833. The van der Waals surface area contributed by atoms with Gasteiger partial charge in [-0.3, -0.25) is 0 Å². The normalized spacial score (nSPS) is 40.5. The Morgan fingerprint density at radius 2 is 2.18 bits per heavy atom. The van der Waals surface area contributed by atoms with Crippen molar-refractivity contribution in [2.45, 2.75) is 24.4 Å². The van der Waals surface area contributed by atoms with Gasteiger partial charge in [-0.2, -0.15) is 0 Å². The Bertz CT molecular complexity index is 148. The summed E-state index contributed by atoms with van der Waals surface area (Å²) in [7, 11) is 0. The first kappa shape index (κ1) is 8.61. The predicted octanol–water partition coefficient (Wildman–Crippen LogP) is -2.33. The molecule has 1 rings (SSSR count). The molecule has 1 heterocycles. The number of aldehydes is 1. The molecule has 0 aromatic rings. The molecular formula is C6H10O5. The SMILES string of the molecule is O=C[C@H](O)C1OC[C@@H](O)[C@H]1O. The van der Waals surface area contributed by atoms with Gasteiger partial charge in [0.15, 0.2) is 6.29 Å². The number of hydrogen-bond donors (Lipinski definition) is 3. The Morgan fingerprint density at radius 3 is 2.55 bits per heavy atom. The van der Waals surface area contributed by atoms with Gasteiger partial charge in [0.25, 0.3) is 0 Å². The largest absolute Gasteiger partial charge is 0.388 e. The van der Waals surface area contributed by atoms with Crippen molar-refractivity contribution in [3.63, 3.8) is 0 Å². The molecule has 0 aromatic carbocycles. The Labute approximate surface area is 63.2 Å². The van der Waals surface area contributed by atoms with Gasteiger partial charge in [0, 0.05) is 0 Å². The van der Waals surface area contributed by atoms with Crippen LogP contribution in [-0.4, -0.2) is 52.6 Å². The smallest absolute Gasteiger partial charge is 0.151 e. The van der Waals surface area contributed by atoms with E-state index in [0.717, 1.165) is 0 Å². The van der Waals surface area contributed by atoms with Crippen molar-refractivity contribution in [2.24, 2.45) is 0 Å². The fourth-order valence-electron chi connectivity index (χ4n) is 1.00. The van der Waals surface area contributed by atoms with Gasteiger partial charge in [-0.15, -0.1) is 0 Å². The molecule has 1 fully saturated rings. The maximum Gasteiger partial charge on any atom is 0.151 e. The summed E-state index contributed by atoms with van der Waals surface area (Å²) >= 11 is 0. The monoisotopic (exact) mass is 162 g/mol. The highest BCUT2D eigenvalue weighted by Gasteiger charge is 2.38. The van der Waals surface area contributed by atoms with Crippen LogP contribution in [0.15, 0.2) is 0 Å². The molecule has 1 aliphatic heterocycles. The first-order chi connectivity index (χ1) is 5.16. The van der Waals surface area contributed by atoms with Crippen LogP contribution >= 0.6 is 0 Å². The van der Waals surface area contributed by atoms with Crippen molar-refractivity contribution in [1.82, 2.24) is 0 Å². The number of aliphatic hydroxyl groups is 3. The summed E-state index contributed by atoms with van der Waals surface area (Å²) < 4.78 is 4.75. The molecule has 0 aromatic heterocycles. The van der Waals surface area contributed by atoms with E-state index < -0.39 is 24.4 Å². The van der Waals surface area contributed by atoms with Crippen molar-refractivity contribution in [3.8, 4) is 0 Å². The van der Waals surface area contributed by atoms with Crippen molar-refractivity contribution >= 4 is 6.29 Å². The lowest BCUT2D eigenvalue weighted by atomic mass is 10.1. The predicted molar refractivity (Wildman–Crippen MR) is 33.8 cm³/mol. The van der Waals surface area contributed by atoms with Gasteiger partial charge in [0.05, 0.1) is 6.61 Å². The van der Waals surface area contributed by atoms with Crippen molar-refractivity contribution in [2.75, 3.05) is 6.61 Å². The van der Waals surface area contributed by atoms with Crippen LogP contribution in [0, 0.1) is 0 Å². The van der Waals surface area contributed by atoms with E-state index in [2.05, 4.69) is 0 Å². The van der Waals surface area contributed by atoms with Crippen LogP contribution in [-0.2, 0) is 9.53 Å². The second-order valence-electron chi connectivity index (χ2n) is 2.48. The average molecular weight is 162 g/mol. The Balaban J connectivity index is 2.54. The Morgan fingerprint density at radius 1 is 1.55 bits per heavy atom. The maximum atomic E-state index is 10.0. The number of carbonyl (C=O) groups is 1. The number of hydrogen-bond acceptors (Lipinski definition) is 5. The van der Waals surface area contributed by atoms with E-state index in [9.17, 15) is 4.79 Å². The second kappa shape index (κ2) is 3.27. The summed E-state index contributed by atoms with van der Waals surface area (Å²) in [6.45, 7) is -0.0449. The molecule has 0 saturated carbocycles. The van der Waals surface area contributed by atoms with Gasteiger partial charge in [-0.05, 0) is 0 Å². The molecule has 0 radical (unpaired) electrons. The first-order valence-electron chi connectivity index (χ1n) is 3.28. The molecule has 64 valence electrons. The van der Waals surface area contributed by atoms with Crippen molar-refractivity contribution in [3.05, 3.63) is 0 Å². The minimum absolute atomic E-state index is 0.0449. The zero-order valence-electron chi connectivity index (χ0n) is 5.75. The lowest BCUT2D eigenvalue weighted by Crippen LogP contribution is -2.39. The van der Waals surface area contributed by atoms with Crippen LogP contribution in [0.4, 0.5) is 0 Å². The molecule has 5 heteroatoms. The molecular weight excluding hydrogens is 152 g/mol. The van der Waals surface area contributed by atoms with E-state index in [1.165, 1.54) is 0 Å². The van der Waals surface area contributed by atoms with Gasteiger partial charge in [0.1, 0.15) is 24.4 Å². The zero-order chi connectivity index (χ0) is 8.43. The van der Waals surface area contributed by atoms with Crippen LogP contribution in [0.2, 0.25) is 0 Å². The summed E-state index contributed by atoms with van der Waals surface area (Å²) in [6.07, 6.45) is -4.25. The van der Waals surface area contributed by atoms with Gasteiger partial charge in [-0.1, -0.05) is 0 Å². The van der Waals surface area contributed by atoms with E-state index >= 15 is 0 Å². The van der Waals surface area contributed by atoms with Crippen LogP contribution in [0.25, 0.3) is 0 Å². The van der Waals surface area contributed by atoms with E-state index in [4.69, 9.17) is 20.1 Å². The highest BCUT2D eigenvalue weighted by atomic mass is 16.5. The third kappa shape index (κ3) is 1.57. The van der Waals surface area contributed by atoms with E-state index in [1.54, 1.807) is 0 Å². The highest BCUT2D eigenvalue weighted by Crippen LogP contribution is 2.16. The molecule has 3 N–H and O–H groups in total. The molecule has 0 bridgehead atoms. The minimum Gasteiger partial charge on any atom is -0.388 e. The van der Waals surface area contributed by atoms with Crippen molar-refractivity contribution < 1.29 is 24.9 Å². The van der Waals surface area contributed by atoms with Gasteiger partial charge in [-0.25, -0.2) is 0 Å². The van der Waals surface area contributed by atoms with Crippen LogP contribution in [0.3, 0.4) is 0 Å². The second-order valence-corrected chi connectivity index (χ2v) is 2.48. The molecule has 1 aliphatic rings. The molecule has 1 saturated heterocycles. The average Bonchev–Trinajstić information content (AvgIpc) is 2.32. The summed E-state index contributed by atoms with van der Waals surface area (Å²) in [4.78, 5) is 10.0. The molecule has 0 aliphatic carbocycles. The summed E-state index contributed by atoms with van der Waals surface area (Å²) in [6, 6.07) is 0. The summed E-state index contributed by atoms with van der Waals surface area (Å²) in [5.74, 6) is 0. The van der Waals surface area contributed by atoms with E-state index in [0.29, 0.717) is 0 Å². The molecule has 0 amide bonds. The van der Waals surface area contributed by atoms with Gasteiger partial charge in [0.2, 0.25) is 0 Å². The van der Waals surface area contributed by atoms with Gasteiger partial charge < -0.3 is 24.9 Å².